The fraction of sp³-hybridized carbons (Fsp3) is 0.133. The molecule has 0 aromatic heterocycles. The average molecular weight is 327 g/mol. The Morgan fingerprint density at radius 3 is 2.59 bits per heavy atom. The molecule has 0 atom stereocenters. The SMILES string of the molecule is COc1ccc(C(=O)Nc2ccccc2SC(F)F)cc1F. The molecule has 0 fully saturated rings. The molecule has 0 aliphatic rings. The van der Waals surface area contributed by atoms with Crippen molar-refractivity contribution < 1.29 is 22.7 Å². The van der Waals surface area contributed by atoms with Crippen molar-refractivity contribution >= 4 is 23.4 Å². The van der Waals surface area contributed by atoms with Gasteiger partial charge >= 0.3 is 0 Å². The zero-order valence-corrected chi connectivity index (χ0v) is 12.3. The van der Waals surface area contributed by atoms with Gasteiger partial charge in [-0.05, 0) is 30.3 Å². The average Bonchev–Trinajstić information content (AvgIpc) is 2.48. The first kappa shape index (κ1) is 16.2. The van der Waals surface area contributed by atoms with E-state index in [0.29, 0.717) is 11.8 Å². The lowest BCUT2D eigenvalue weighted by Crippen LogP contribution is -2.13. The molecule has 0 spiro atoms. The van der Waals surface area contributed by atoms with Gasteiger partial charge in [0, 0.05) is 10.5 Å². The van der Waals surface area contributed by atoms with Gasteiger partial charge in [0.15, 0.2) is 11.6 Å². The highest BCUT2D eigenvalue weighted by Gasteiger charge is 2.14. The predicted octanol–water partition coefficient (Wildman–Crippen LogP) is 4.40. The van der Waals surface area contributed by atoms with Crippen LogP contribution in [0.25, 0.3) is 0 Å². The van der Waals surface area contributed by atoms with E-state index in [4.69, 9.17) is 4.74 Å². The topological polar surface area (TPSA) is 38.3 Å². The summed E-state index contributed by atoms with van der Waals surface area (Å²) in [5.41, 5.74) is 0.309. The monoisotopic (exact) mass is 327 g/mol. The zero-order chi connectivity index (χ0) is 16.1. The molecular weight excluding hydrogens is 315 g/mol. The smallest absolute Gasteiger partial charge is 0.288 e. The van der Waals surface area contributed by atoms with E-state index in [1.54, 1.807) is 12.1 Å². The number of carbonyl (C=O) groups is 1. The summed E-state index contributed by atoms with van der Waals surface area (Å²) in [5.74, 6) is -3.85. The summed E-state index contributed by atoms with van der Waals surface area (Å²) in [7, 11) is 1.32. The molecule has 0 heterocycles. The third-order valence-electron chi connectivity index (χ3n) is 2.77. The second-order valence-electron chi connectivity index (χ2n) is 4.18. The first-order chi connectivity index (χ1) is 10.5. The molecular formula is C15H12F3NO2S. The number of hydrogen-bond acceptors (Lipinski definition) is 3. The summed E-state index contributed by atoms with van der Waals surface area (Å²) in [4.78, 5) is 12.3. The highest BCUT2D eigenvalue weighted by molar-refractivity contribution is 7.99. The Labute approximate surface area is 129 Å². The van der Waals surface area contributed by atoms with E-state index < -0.39 is 17.5 Å². The first-order valence-corrected chi connectivity index (χ1v) is 7.08. The number of rotatable bonds is 5. The Balaban J connectivity index is 2.20. The summed E-state index contributed by atoms with van der Waals surface area (Å²) in [6.07, 6.45) is 0. The van der Waals surface area contributed by atoms with Gasteiger partial charge in [-0.15, -0.1) is 0 Å². The molecule has 0 unspecified atom stereocenters. The van der Waals surface area contributed by atoms with Crippen LogP contribution in [0.1, 0.15) is 10.4 Å². The molecule has 116 valence electrons. The van der Waals surface area contributed by atoms with Crippen molar-refractivity contribution in [2.45, 2.75) is 10.7 Å². The Morgan fingerprint density at radius 2 is 1.95 bits per heavy atom. The maximum Gasteiger partial charge on any atom is 0.288 e. The van der Waals surface area contributed by atoms with Crippen molar-refractivity contribution in [1.82, 2.24) is 0 Å². The summed E-state index contributed by atoms with van der Waals surface area (Å²) in [6.45, 7) is 0. The Morgan fingerprint density at radius 1 is 1.23 bits per heavy atom. The van der Waals surface area contributed by atoms with Crippen LogP contribution in [-0.4, -0.2) is 18.8 Å². The fourth-order valence-electron chi connectivity index (χ4n) is 1.77. The maximum atomic E-state index is 13.6. The van der Waals surface area contributed by atoms with Gasteiger partial charge in [0.2, 0.25) is 0 Å². The van der Waals surface area contributed by atoms with Crippen molar-refractivity contribution in [2.75, 3.05) is 12.4 Å². The van der Waals surface area contributed by atoms with Crippen molar-refractivity contribution in [3.8, 4) is 5.75 Å². The molecule has 2 aromatic rings. The lowest BCUT2D eigenvalue weighted by atomic mass is 10.2. The second kappa shape index (κ2) is 7.22. The molecule has 7 heteroatoms. The second-order valence-corrected chi connectivity index (χ2v) is 5.21. The number of hydrogen-bond donors (Lipinski definition) is 1. The van der Waals surface area contributed by atoms with Crippen LogP contribution in [0.3, 0.4) is 0 Å². The van der Waals surface area contributed by atoms with E-state index in [9.17, 15) is 18.0 Å². The number of carbonyl (C=O) groups excluding carboxylic acids is 1. The third-order valence-corrected chi connectivity index (χ3v) is 3.55. The number of para-hydroxylation sites is 1. The first-order valence-electron chi connectivity index (χ1n) is 6.20. The van der Waals surface area contributed by atoms with Crippen LogP contribution in [0.4, 0.5) is 18.9 Å². The number of ether oxygens (including phenoxy) is 1. The van der Waals surface area contributed by atoms with E-state index in [1.807, 2.05) is 0 Å². The van der Waals surface area contributed by atoms with Gasteiger partial charge in [-0.2, -0.15) is 8.78 Å². The van der Waals surface area contributed by atoms with Gasteiger partial charge in [0.25, 0.3) is 11.7 Å². The number of alkyl halides is 2. The van der Waals surface area contributed by atoms with Crippen LogP contribution >= 0.6 is 11.8 Å². The summed E-state index contributed by atoms with van der Waals surface area (Å²) in [6, 6.07) is 9.91. The minimum Gasteiger partial charge on any atom is -0.494 e. The van der Waals surface area contributed by atoms with Crippen LogP contribution < -0.4 is 10.1 Å². The molecule has 3 nitrogen and oxygen atoms in total. The number of halogens is 3. The molecule has 0 radical (unpaired) electrons. The molecule has 0 aliphatic carbocycles. The highest BCUT2D eigenvalue weighted by Crippen LogP contribution is 2.32. The molecule has 2 rings (SSSR count). The van der Waals surface area contributed by atoms with E-state index in [0.717, 1.165) is 6.07 Å². The number of nitrogens with one attached hydrogen (secondary N) is 1. The quantitative estimate of drug-likeness (QED) is 0.827. The third kappa shape index (κ3) is 3.94. The zero-order valence-electron chi connectivity index (χ0n) is 11.5. The van der Waals surface area contributed by atoms with Gasteiger partial charge in [-0.3, -0.25) is 4.79 Å². The van der Waals surface area contributed by atoms with Gasteiger partial charge in [0.1, 0.15) is 0 Å². The molecule has 0 aliphatic heterocycles. The van der Waals surface area contributed by atoms with Crippen LogP contribution in [-0.2, 0) is 0 Å². The van der Waals surface area contributed by atoms with Gasteiger partial charge in [0.05, 0.1) is 12.8 Å². The maximum absolute atomic E-state index is 13.6. The highest BCUT2D eigenvalue weighted by atomic mass is 32.2. The minimum atomic E-state index is -2.60. The molecule has 0 bridgehead atoms. The fourth-order valence-corrected chi connectivity index (χ4v) is 2.37. The normalized spacial score (nSPS) is 10.6. The number of methoxy groups -OCH3 is 1. The Kier molecular flexibility index (Phi) is 5.32. The standard InChI is InChI=1S/C15H12F3NO2S/c1-21-12-7-6-9(8-10(12)16)14(20)19-11-4-2-3-5-13(11)22-15(17)18/h2-8,15H,1H3,(H,19,20). The number of anilines is 1. The molecule has 2 aromatic carbocycles. The lowest BCUT2D eigenvalue weighted by Gasteiger charge is -2.11. The minimum absolute atomic E-state index is 0.0187. The number of benzene rings is 2. The number of thioether (sulfide) groups is 1. The molecule has 1 N–H and O–H groups in total. The Bertz CT molecular complexity index is 680. The van der Waals surface area contributed by atoms with E-state index >= 15 is 0 Å². The van der Waals surface area contributed by atoms with Crippen LogP contribution in [0.15, 0.2) is 47.4 Å². The Hall–Kier alpha value is -2.15. The lowest BCUT2D eigenvalue weighted by molar-refractivity contribution is 0.102. The number of amides is 1. The van der Waals surface area contributed by atoms with Crippen LogP contribution in [0.5, 0.6) is 5.75 Å². The van der Waals surface area contributed by atoms with Gasteiger partial charge < -0.3 is 10.1 Å². The van der Waals surface area contributed by atoms with Crippen molar-refractivity contribution in [3.63, 3.8) is 0 Å². The molecule has 0 saturated carbocycles. The van der Waals surface area contributed by atoms with E-state index in [-0.39, 0.29) is 21.9 Å². The summed E-state index contributed by atoms with van der Waals surface area (Å²) in [5, 5.41) is 2.50. The largest absolute Gasteiger partial charge is 0.494 e. The van der Waals surface area contributed by atoms with Crippen molar-refractivity contribution in [3.05, 3.63) is 53.8 Å². The van der Waals surface area contributed by atoms with E-state index in [1.165, 1.54) is 31.4 Å². The van der Waals surface area contributed by atoms with Crippen LogP contribution in [0.2, 0.25) is 0 Å². The van der Waals surface area contributed by atoms with Crippen LogP contribution in [0, 0.1) is 5.82 Å². The van der Waals surface area contributed by atoms with Crippen molar-refractivity contribution in [1.29, 1.82) is 0 Å². The predicted molar refractivity (Wildman–Crippen MR) is 79.2 cm³/mol. The molecule has 0 saturated heterocycles. The van der Waals surface area contributed by atoms with Gasteiger partial charge in [-0.25, -0.2) is 4.39 Å². The molecule has 1 amide bonds. The summed E-state index contributed by atoms with van der Waals surface area (Å²) >= 11 is 0.329. The van der Waals surface area contributed by atoms with Crippen molar-refractivity contribution in [2.24, 2.45) is 0 Å². The molecule has 22 heavy (non-hydrogen) atoms. The van der Waals surface area contributed by atoms with E-state index in [2.05, 4.69) is 5.32 Å². The van der Waals surface area contributed by atoms with Gasteiger partial charge in [-0.1, -0.05) is 23.9 Å². The summed E-state index contributed by atoms with van der Waals surface area (Å²) < 4.78 is 43.3.